The van der Waals surface area contributed by atoms with E-state index in [1.807, 2.05) is 6.21 Å². The number of hydrogen-bond acceptors (Lipinski definition) is 2. The SMILES string of the molecule is Cc1ccc(-n2c(C)cc(/C=N\Nc3ccc4ccccc4c3)c2C)cc1. The van der Waals surface area contributed by atoms with Crippen LogP contribution in [0.2, 0.25) is 0 Å². The van der Waals surface area contributed by atoms with Crippen LogP contribution in [0, 0.1) is 20.8 Å². The lowest BCUT2D eigenvalue weighted by Crippen LogP contribution is -1.99. The molecule has 0 atom stereocenters. The van der Waals surface area contributed by atoms with Gasteiger partial charge in [0, 0.05) is 22.6 Å². The number of fused-ring (bicyclic) bond motifs is 1. The minimum absolute atomic E-state index is 0.984. The van der Waals surface area contributed by atoms with Crippen molar-refractivity contribution in [2.24, 2.45) is 5.10 Å². The fourth-order valence-electron chi connectivity index (χ4n) is 3.44. The van der Waals surface area contributed by atoms with Crippen molar-refractivity contribution in [1.29, 1.82) is 0 Å². The molecule has 27 heavy (non-hydrogen) atoms. The van der Waals surface area contributed by atoms with E-state index < -0.39 is 0 Å². The highest BCUT2D eigenvalue weighted by Gasteiger charge is 2.09. The normalized spacial score (nSPS) is 11.4. The monoisotopic (exact) mass is 353 g/mol. The second-order valence-electron chi connectivity index (χ2n) is 6.93. The Morgan fingerprint density at radius 1 is 0.815 bits per heavy atom. The first-order valence-corrected chi connectivity index (χ1v) is 9.16. The van der Waals surface area contributed by atoms with Crippen LogP contribution in [-0.4, -0.2) is 10.8 Å². The molecule has 3 heteroatoms. The minimum Gasteiger partial charge on any atom is -0.318 e. The maximum atomic E-state index is 4.45. The molecule has 3 nitrogen and oxygen atoms in total. The Bertz CT molecular complexity index is 1120. The van der Waals surface area contributed by atoms with E-state index in [1.54, 1.807) is 0 Å². The molecule has 0 bridgehead atoms. The second-order valence-corrected chi connectivity index (χ2v) is 6.93. The third kappa shape index (κ3) is 3.49. The molecule has 4 rings (SSSR count). The summed E-state index contributed by atoms with van der Waals surface area (Å²) in [5.74, 6) is 0. The summed E-state index contributed by atoms with van der Waals surface area (Å²) in [4.78, 5) is 0. The summed E-state index contributed by atoms with van der Waals surface area (Å²) in [7, 11) is 0. The van der Waals surface area contributed by atoms with Crippen LogP contribution in [0.25, 0.3) is 16.5 Å². The zero-order valence-electron chi connectivity index (χ0n) is 15.9. The molecule has 0 amide bonds. The van der Waals surface area contributed by atoms with Crippen molar-refractivity contribution < 1.29 is 0 Å². The van der Waals surface area contributed by atoms with E-state index in [0.717, 1.165) is 11.3 Å². The fourth-order valence-corrected chi connectivity index (χ4v) is 3.44. The van der Waals surface area contributed by atoms with E-state index in [-0.39, 0.29) is 0 Å². The molecule has 0 radical (unpaired) electrons. The summed E-state index contributed by atoms with van der Waals surface area (Å²) < 4.78 is 2.26. The highest BCUT2D eigenvalue weighted by atomic mass is 15.3. The molecule has 134 valence electrons. The van der Waals surface area contributed by atoms with Gasteiger partial charge in [0.2, 0.25) is 0 Å². The van der Waals surface area contributed by atoms with Crippen molar-refractivity contribution >= 4 is 22.7 Å². The van der Waals surface area contributed by atoms with Crippen molar-refractivity contribution in [2.75, 3.05) is 5.43 Å². The van der Waals surface area contributed by atoms with Gasteiger partial charge in [-0.05, 0) is 61.9 Å². The van der Waals surface area contributed by atoms with Crippen LogP contribution in [0.5, 0.6) is 0 Å². The van der Waals surface area contributed by atoms with Gasteiger partial charge in [0.1, 0.15) is 0 Å². The Balaban J connectivity index is 1.57. The van der Waals surface area contributed by atoms with Gasteiger partial charge in [0.25, 0.3) is 0 Å². The van der Waals surface area contributed by atoms with Crippen molar-refractivity contribution in [3.8, 4) is 5.69 Å². The Labute approximate surface area is 160 Å². The first-order valence-electron chi connectivity index (χ1n) is 9.16. The highest BCUT2D eigenvalue weighted by molar-refractivity contribution is 5.86. The van der Waals surface area contributed by atoms with Crippen LogP contribution in [0.15, 0.2) is 77.9 Å². The number of aryl methyl sites for hydroxylation is 2. The van der Waals surface area contributed by atoms with Crippen LogP contribution >= 0.6 is 0 Å². The van der Waals surface area contributed by atoms with Crippen molar-refractivity contribution in [3.63, 3.8) is 0 Å². The summed E-state index contributed by atoms with van der Waals surface area (Å²) >= 11 is 0. The van der Waals surface area contributed by atoms with Gasteiger partial charge in [-0.25, -0.2) is 0 Å². The Kier molecular flexibility index (Phi) is 4.51. The molecule has 1 heterocycles. The molecule has 4 aromatic rings. The first kappa shape index (κ1) is 17.1. The van der Waals surface area contributed by atoms with Gasteiger partial charge in [-0.15, -0.1) is 0 Å². The lowest BCUT2D eigenvalue weighted by atomic mass is 10.1. The standard InChI is InChI=1S/C24H23N3/c1-17-8-12-24(13-9-17)27-18(2)14-22(19(27)3)16-25-26-23-11-10-20-6-4-5-7-21(20)15-23/h4-16,26H,1-3H3/b25-16-. The van der Waals surface area contributed by atoms with Crippen molar-refractivity contribution in [1.82, 2.24) is 4.57 Å². The average molecular weight is 353 g/mol. The van der Waals surface area contributed by atoms with Crippen LogP contribution in [-0.2, 0) is 0 Å². The van der Waals surface area contributed by atoms with Crippen LogP contribution in [0.4, 0.5) is 5.69 Å². The van der Waals surface area contributed by atoms with Crippen LogP contribution in [0.1, 0.15) is 22.5 Å². The quantitative estimate of drug-likeness (QED) is 0.354. The molecule has 3 aromatic carbocycles. The Hall–Kier alpha value is -3.33. The van der Waals surface area contributed by atoms with E-state index in [4.69, 9.17) is 0 Å². The highest BCUT2D eigenvalue weighted by Crippen LogP contribution is 2.21. The van der Waals surface area contributed by atoms with Crippen LogP contribution in [0.3, 0.4) is 0 Å². The molecule has 0 fully saturated rings. The van der Waals surface area contributed by atoms with Gasteiger partial charge >= 0.3 is 0 Å². The molecule has 0 saturated carbocycles. The lowest BCUT2D eigenvalue weighted by molar-refractivity contribution is 0.964. The van der Waals surface area contributed by atoms with E-state index in [9.17, 15) is 0 Å². The third-order valence-electron chi connectivity index (χ3n) is 4.91. The first-order chi connectivity index (χ1) is 13.1. The molecule has 0 aliphatic carbocycles. The number of hydrazone groups is 1. The summed E-state index contributed by atoms with van der Waals surface area (Å²) in [5, 5.41) is 6.89. The van der Waals surface area contributed by atoms with E-state index in [0.29, 0.717) is 0 Å². The number of hydrogen-bond donors (Lipinski definition) is 1. The molecular formula is C24H23N3. The number of anilines is 1. The zero-order valence-corrected chi connectivity index (χ0v) is 15.9. The number of benzene rings is 3. The van der Waals surface area contributed by atoms with Gasteiger partial charge in [-0.1, -0.05) is 48.0 Å². The number of rotatable bonds is 4. The van der Waals surface area contributed by atoms with E-state index >= 15 is 0 Å². The second kappa shape index (κ2) is 7.12. The number of aromatic nitrogens is 1. The molecule has 1 N–H and O–H groups in total. The van der Waals surface area contributed by atoms with Gasteiger partial charge in [0.05, 0.1) is 11.9 Å². The summed E-state index contributed by atoms with van der Waals surface area (Å²) in [6, 6.07) is 25.4. The Morgan fingerprint density at radius 2 is 1.56 bits per heavy atom. The van der Waals surface area contributed by atoms with Gasteiger partial charge in [-0.2, -0.15) is 5.10 Å². The molecular weight excluding hydrogens is 330 g/mol. The maximum absolute atomic E-state index is 4.45. The predicted molar refractivity (Wildman–Crippen MR) is 115 cm³/mol. The largest absolute Gasteiger partial charge is 0.318 e. The van der Waals surface area contributed by atoms with Crippen molar-refractivity contribution in [2.45, 2.75) is 20.8 Å². The number of nitrogens with zero attached hydrogens (tertiary/aromatic N) is 2. The summed E-state index contributed by atoms with van der Waals surface area (Å²) in [6.07, 6.45) is 1.89. The molecule has 1 aromatic heterocycles. The lowest BCUT2D eigenvalue weighted by Gasteiger charge is -2.09. The topological polar surface area (TPSA) is 29.3 Å². The summed E-state index contributed by atoms with van der Waals surface area (Å²) in [5.41, 5.74) is 10.1. The number of nitrogens with one attached hydrogen (secondary N) is 1. The van der Waals surface area contributed by atoms with Crippen LogP contribution < -0.4 is 5.43 Å². The maximum Gasteiger partial charge on any atom is 0.0568 e. The Morgan fingerprint density at radius 3 is 2.33 bits per heavy atom. The minimum atomic E-state index is 0.984. The third-order valence-corrected chi connectivity index (χ3v) is 4.91. The predicted octanol–water partition coefficient (Wildman–Crippen LogP) is 6.00. The fraction of sp³-hybridized carbons (Fsp3) is 0.125. The van der Waals surface area contributed by atoms with Gasteiger partial charge in [0.15, 0.2) is 0 Å². The zero-order chi connectivity index (χ0) is 18.8. The smallest absolute Gasteiger partial charge is 0.0568 e. The van der Waals surface area contributed by atoms with Gasteiger partial charge < -0.3 is 4.57 Å². The average Bonchev–Trinajstić information content (AvgIpc) is 2.96. The molecule has 0 aliphatic rings. The van der Waals surface area contributed by atoms with Crippen molar-refractivity contribution in [3.05, 3.63) is 95.3 Å². The summed E-state index contributed by atoms with van der Waals surface area (Å²) in [6.45, 7) is 6.36. The molecule has 0 aliphatic heterocycles. The van der Waals surface area contributed by atoms with E-state index in [1.165, 1.54) is 33.4 Å². The molecule has 0 spiro atoms. The van der Waals surface area contributed by atoms with Gasteiger partial charge in [-0.3, -0.25) is 5.43 Å². The molecule has 0 unspecified atom stereocenters. The van der Waals surface area contributed by atoms with E-state index in [2.05, 4.69) is 109 Å². The molecule has 0 saturated heterocycles.